The van der Waals surface area contributed by atoms with Crippen LogP contribution in [0.15, 0.2) is 12.3 Å². The van der Waals surface area contributed by atoms with Crippen LogP contribution in [0.5, 0.6) is 0 Å². The van der Waals surface area contributed by atoms with Gasteiger partial charge in [-0.25, -0.2) is 4.39 Å². The van der Waals surface area contributed by atoms with Crippen LogP contribution in [0, 0.1) is 0 Å². The highest BCUT2D eigenvalue weighted by Crippen LogP contribution is 2.36. The van der Waals surface area contributed by atoms with E-state index in [2.05, 4.69) is 15.5 Å². The van der Waals surface area contributed by atoms with Gasteiger partial charge in [-0.3, -0.25) is 9.89 Å². The Labute approximate surface area is 74.5 Å². The topological polar surface area (TPSA) is 57.8 Å². The van der Waals surface area contributed by atoms with Gasteiger partial charge in [0.2, 0.25) is 0 Å². The molecular formula is C8H10FN3O. The normalized spacial score (nSPS) is 19.2. The maximum atomic E-state index is 13.4. The van der Waals surface area contributed by atoms with E-state index >= 15 is 0 Å². The second-order valence-electron chi connectivity index (χ2n) is 3.24. The molecule has 70 valence electrons. The largest absolute Gasteiger partial charge is 0.308 e. The van der Waals surface area contributed by atoms with Crippen molar-refractivity contribution in [3.8, 4) is 0 Å². The SMILES string of the molecule is O=C(Nc1ccn[nH]1)C1(F)CCC1. The third-order valence-corrected chi connectivity index (χ3v) is 2.30. The number of nitrogens with zero attached hydrogens (tertiary/aromatic N) is 1. The second-order valence-corrected chi connectivity index (χ2v) is 3.24. The molecular weight excluding hydrogens is 173 g/mol. The van der Waals surface area contributed by atoms with Crippen molar-refractivity contribution < 1.29 is 9.18 Å². The van der Waals surface area contributed by atoms with E-state index in [0.29, 0.717) is 18.7 Å². The van der Waals surface area contributed by atoms with Gasteiger partial charge in [0.15, 0.2) is 5.67 Å². The third-order valence-electron chi connectivity index (χ3n) is 2.30. The zero-order valence-electron chi connectivity index (χ0n) is 7.01. The first-order valence-corrected chi connectivity index (χ1v) is 4.20. The standard InChI is InChI=1S/C8H10FN3O/c9-8(3-1-4-8)7(13)11-6-2-5-10-12-6/h2,5H,1,3-4H2,(H2,10,11,12,13). The highest BCUT2D eigenvalue weighted by molar-refractivity contribution is 5.97. The average Bonchev–Trinajstić information content (AvgIpc) is 2.52. The van der Waals surface area contributed by atoms with Crippen LogP contribution in [-0.2, 0) is 4.79 Å². The van der Waals surface area contributed by atoms with Crippen LogP contribution >= 0.6 is 0 Å². The van der Waals surface area contributed by atoms with Gasteiger partial charge in [-0.1, -0.05) is 0 Å². The van der Waals surface area contributed by atoms with Crippen molar-refractivity contribution in [1.82, 2.24) is 10.2 Å². The number of rotatable bonds is 2. The second kappa shape index (κ2) is 2.83. The van der Waals surface area contributed by atoms with Gasteiger partial charge in [-0.05, 0) is 19.3 Å². The fourth-order valence-electron chi connectivity index (χ4n) is 1.27. The number of hydrogen-bond acceptors (Lipinski definition) is 2. The predicted molar refractivity (Wildman–Crippen MR) is 44.9 cm³/mol. The summed E-state index contributed by atoms with van der Waals surface area (Å²) in [6, 6.07) is 1.58. The average molecular weight is 183 g/mol. The Bertz CT molecular complexity index is 305. The summed E-state index contributed by atoms with van der Waals surface area (Å²) in [5, 5.41) is 8.61. The molecule has 0 aliphatic heterocycles. The number of hydrogen-bond donors (Lipinski definition) is 2. The Balaban J connectivity index is 1.99. The molecule has 4 nitrogen and oxygen atoms in total. The highest BCUT2D eigenvalue weighted by atomic mass is 19.1. The minimum atomic E-state index is -1.65. The Morgan fingerprint density at radius 3 is 2.92 bits per heavy atom. The lowest BCUT2D eigenvalue weighted by atomic mass is 9.81. The summed E-state index contributed by atoms with van der Waals surface area (Å²) < 4.78 is 13.4. The lowest BCUT2D eigenvalue weighted by Gasteiger charge is -2.31. The van der Waals surface area contributed by atoms with E-state index in [1.54, 1.807) is 6.07 Å². The van der Waals surface area contributed by atoms with Gasteiger partial charge in [0, 0.05) is 6.07 Å². The molecule has 0 aromatic carbocycles. The van der Waals surface area contributed by atoms with Gasteiger partial charge in [-0.15, -0.1) is 0 Å². The molecule has 0 unspecified atom stereocenters. The number of amides is 1. The van der Waals surface area contributed by atoms with Crippen LogP contribution in [0.1, 0.15) is 19.3 Å². The van der Waals surface area contributed by atoms with E-state index in [1.807, 2.05) is 0 Å². The first kappa shape index (κ1) is 8.22. The summed E-state index contributed by atoms with van der Waals surface area (Å²) >= 11 is 0. The van der Waals surface area contributed by atoms with Gasteiger partial charge in [0.25, 0.3) is 5.91 Å². The summed E-state index contributed by atoms with van der Waals surface area (Å²) in [7, 11) is 0. The quantitative estimate of drug-likeness (QED) is 0.724. The maximum Gasteiger partial charge on any atom is 0.263 e. The van der Waals surface area contributed by atoms with Crippen LogP contribution in [0.2, 0.25) is 0 Å². The Kier molecular flexibility index (Phi) is 1.79. The van der Waals surface area contributed by atoms with Crippen molar-refractivity contribution in [1.29, 1.82) is 0 Å². The van der Waals surface area contributed by atoms with E-state index in [1.165, 1.54) is 6.20 Å². The van der Waals surface area contributed by atoms with Crippen molar-refractivity contribution >= 4 is 11.7 Å². The summed E-state index contributed by atoms with van der Waals surface area (Å²) in [5.41, 5.74) is -1.65. The summed E-state index contributed by atoms with van der Waals surface area (Å²) in [4.78, 5) is 11.3. The number of nitrogens with one attached hydrogen (secondary N) is 2. The van der Waals surface area contributed by atoms with Crippen molar-refractivity contribution in [2.45, 2.75) is 24.9 Å². The molecule has 13 heavy (non-hydrogen) atoms. The number of anilines is 1. The molecule has 1 fully saturated rings. The van der Waals surface area contributed by atoms with E-state index in [4.69, 9.17) is 0 Å². The van der Waals surface area contributed by atoms with Gasteiger partial charge in [0.05, 0.1) is 6.20 Å². The van der Waals surface area contributed by atoms with E-state index in [0.717, 1.165) is 6.42 Å². The number of H-pyrrole nitrogens is 1. The fraction of sp³-hybridized carbons (Fsp3) is 0.500. The molecule has 1 saturated carbocycles. The number of halogens is 1. The molecule has 5 heteroatoms. The molecule has 0 atom stereocenters. The molecule has 1 heterocycles. The minimum Gasteiger partial charge on any atom is -0.308 e. The molecule has 1 aromatic rings. The first-order chi connectivity index (χ1) is 6.21. The molecule has 2 rings (SSSR count). The number of aromatic amines is 1. The van der Waals surface area contributed by atoms with Gasteiger partial charge in [0.1, 0.15) is 5.82 Å². The molecule has 0 saturated heterocycles. The number of alkyl halides is 1. The van der Waals surface area contributed by atoms with Crippen LogP contribution in [0.25, 0.3) is 0 Å². The molecule has 0 radical (unpaired) electrons. The zero-order chi connectivity index (χ0) is 9.31. The molecule has 1 aliphatic carbocycles. The van der Waals surface area contributed by atoms with Gasteiger partial charge >= 0.3 is 0 Å². The van der Waals surface area contributed by atoms with E-state index in [-0.39, 0.29) is 0 Å². The summed E-state index contributed by atoms with van der Waals surface area (Å²) in [5.74, 6) is -0.128. The number of carbonyl (C=O) groups is 1. The van der Waals surface area contributed by atoms with E-state index < -0.39 is 11.6 Å². The van der Waals surface area contributed by atoms with Crippen molar-refractivity contribution in [3.63, 3.8) is 0 Å². The maximum absolute atomic E-state index is 13.4. The van der Waals surface area contributed by atoms with Crippen LogP contribution in [-0.4, -0.2) is 21.8 Å². The Hall–Kier alpha value is -1.39. The number of aromatic nitrogens is 2. The lowest BCUT2D eigenvalue weighted by Crippen LogP contribution is -2.44. The monoisotopic (exact) mass is 183 g/mol. The van der Waals surface area contributed by atoms with Crippen molar-refractivity contribution in [2.75, 3.05) is 5.32 Å². The summed E-state index contributed by atoms with van der Waals surface area (Å²) in [6.45, 7) is 0. The van der Waals surface area contributed by atoms with Crippen molar-refractivity contribution in [3.05, 3.63) is 12.3 Å². The van der Waals surface area contributed by atoms with Crippen LogP contribution in [0.4, 0.5) is 10.2 Å². The smallest absolute Gasteiger partial charge is 0.263 e. The summed E-state index contributed by atoms with van der Waals surface area (Å²) in [6.07, 6.45) is 2.94. The molecule has 2 N–H and O–H groups in total. The molecule has 1 aromatic heterocycles. The molecule has 0 spiro atoms. The molecule has 0 bridgehead atoms. The van der Waals surface area contributed by atoms with Crippen molar-refractivity contribution in [2.24, 2.45) is 0 Å². The van der Waals surface area contributed by atoms with Gasteiger partial charge < -0.3 is 5.32 Å². The zero-order valence-corrected chi connectivity index (χ0v) is 7.01. The van der Waals surface area contributed by atoms with Crippen LogP contribution < -0.4 is 5.32 Å². The fourth-order valence-corrected chi connectivity index (χ4v) is 1.27. The van der Waals surface area contributed by atoms with Gasteiger partial charge in [-0.2, -0.15) is 5.10 Å². The van der Waals surface area contributed by atoms with E-state index in [9.17, 15) is 9.18 Å². The third kappa shape index (κ3) is 1.41. The predicted octanol–water partition coefficient (Wildman–Crippen LogP) is 1.24. The lowest BCUT2D eigenvalue weighted by molar-refractivity contribution is -0.132. The Morgan fingerprint density at radius 1 is 1.69 bits per heavy atom. The number of carbonyl (C=O) groups excluding carboxylic acids is 1. The molecule has 1 aliphatic rings. The Morgan fingerprint density at radius 2 is 2.46 bits per heavy atom. The van der Waals surface area contributed by atoms with Crippen LogP contribution in [0.3, 0.4) is 0 Å². The first-order valence-electron chi connectivity index (χ1n) is 4.20. The minimum absolute atomic E-state index is 0.326. The highest BCUT2D eigenvalue weighted by Gasteiger charge is 2.44. The molecule has 1 amide bonds.